The van der Waals surface area contributed by atoms with Crippen molar-refractivity contribution in [2.45, 2.75) is 62.5 Å². The van der Waals surface area contributed by atoms with Crippen molar-refractivity contribution < 1.29 is 9.50 Å². The number of rotatable bonds is 4. The number of benzene rings is 2. The maximum Gasteiger partial charge on any atom is 0.123 e. The summed E-state index contributed by atoms with van der Waals surface area (Å²) in [6.45, 7) is 2.21. The Morgan fingerprint density at radius 3 is 2.07 bits per heavy atom. The van der Waals surface area contributed by atoms with Crippen molar-refractivity contribution in [1.82, 2.24) is 4.90 Å². The summed E-state index contributed by atoms with van der Waals surface area (Å²) in [4.78, 5) is 2.62. The Balaban J connectivity index is 1.57. The van der Waals surface area contributed by atoms with Gasteiger partial charge in [-0.25, -0.2) is 4.39 Å². The Morgan fingerprint density at radius 2 is 1.44 bits per heavy atom. The van der Waals surface area contributed by atoms with Gasteiger partial charge in [0.05, 0.1) is 5.60 Å². The van der Waals surface area contributed by atoms with E-state index in [4.69, 9.17) is 0 Å². The van der Waals surface area contributed by atoms with Gasteiger partial charge >= 0.3 is 0 Å². The van der Waals surface area contributed by atoms with Gasteiger partial charge in [-0.15, -0.1) is 0 Å². The molecule has 1 N–H and O–H groups in total. The summed E-state index contributed by atoms with van der Waals surface area (Å²) in [5.74, 6) is -0.177. The highest BCUT2D eigenvalue weighted by Crippen LogP contribution is 2.47. The molecule has 0 radical (unpaired) electrons. The second-order valence-corrected chi connectivity index (χ2v) is 8.47. The van der Waals surface area contributed by atoms with Crippen LogP contribution in [-0.2, 0) is 12.0 Å². The van der Waals surface area contributed by atoms with Crippen molar-refractivity contribution >= 4 is 0 Å². The first-order valence-corrected chi connectivity index (χ1v) is 10.4. The van der Waals surface area contributed by atoms with E-state index in [9.17, 15) is 9.50 Å². The quantitative estimate of drug-likeness (QED) is 0.817. The zero-order chi connectivity index (χ0) is 18.7. The van der Waals surface area contributed by atoms with Gasteiger partial charge in [0.15, 0.2) is 0 Å². The average Bonchev–Trinajstić information content (AvgIpc) is 2.71. The number of hydrogen-bond acceptors (Lipinski definition) is 2. The van der Waals surface area contributed by atoms with Crippen LogP contribution in [-0.4, -0.2) is 28.7 Å². The number of aliphatic hydroxyl groups is 1. The number of halogens is 1. The van der Waals surface area contributed by atoms with Crippen LogP contribution in [0.2, 0.25) is 0 Å². The Morgan fingerprint density at radius 1 is 0.815 bits per heavy atom. The molecule has 0 aromatic heterocycles. The lowest BCUT2D eigenvalue weighted by molar-refractivity contribution is -0.0629. The lowest BCUT2D eigenvalue weighted by Crippen LogP contribution is -2.53. The minimum atomic E-state index is -0.638. The number of hydrogen-bond donors (Lipinski definition) is 1. The molecule has 4 rings (SSSR count). The molecule has 0 spiro atoms. The van der Waals surface area contributed by atoms with E-state index in [0.29, 0.717) is 6.42 Å². The van der Waals surface area contributed by atoms with Crippen LogP contribution in [0.3, 0.4) is 0 Å². The van der Waals surface area contributed by atoms with Crippen LogP contribution in [0.4, 0.5) is 4.39 Å². The minimum absolute atomic E-state index is 0.0585. The van der Waals surface area contributed by atoms with E-state index in [1.807, 2.05) is 30.3 Å². The van der Waals surface area contributed by atoms with Crippen LogP contribution in [0.25, 0.3) is 0 Å². The summed E-state index contributed by atoms with van der Waals surface area (Å²) in [5.41, 5.74) is 1.72. The van der Waals surface area contributed by atoms with Gasteiger partial charge < -0.3 is 5.11 Å². The maximum absolute atomic E-state index is 13.5. The predicted octanol–water partition coefficient (Wildman–Crippen LogP) is 5.05. The topological polar surface area (TPSA) is 23.5 Å². The average molecular weight is 368 g/mol. The maximum atomic E-state index is 13.5. The molecule has 2 aromatic rings. The molecular formula is C24H30FNO. The molecule has 27 heavy (non-hydrogen) atoms. The highest BCUT2D eigenvalue weighted by molar-refractivity contribution is 5.28. The van der Waals surface area contributed by atoms with Crippen LogP contribution in [0.5, 0.6) is 0 Å². The standard InChI is InChI=1S/C24H30FNO/c25-22-11-9-21(10-12-22)24(26-17-5-2-6-18-26)15-13-23(27,14-16-24)19-20-7-3-1-4-8-20/h1,3-4,7-12,27H,2,5-6,13-19H2. The summed E-state index contributed by atoms with van der Waals surface area (Å²) in [7, 11) is 0. The molecule has 144 valence electrons. The first-order chi connectivity index (χ1) is 13.1. The second-order valence-electron chi connectivity index (χ2n) is 8.47. The Kier molecular flexibility index (Phi) is 5.34. The fraction of sp³-hybridized carbons (Fsp3) is 0.500. The first kappa shape index (κ1) is 18.6. The minimum Gasteiger partial charge on any atom is -0.390 e. The van der Waals surface area contributed by atoms with Crippen molar-refractivity contribution in [2.24, 2.45) is 0 Å². The molecule has 2 aliphatic rings. The Hall–Kier alpha value is -1.71. The molecule has 1 heterocycles. The Bertz CT molecular complexity index is 729. The van der Waals surface area contributed by atoms with E-state index in [1.165, 1.54) is 30.4 Å². The van der Waals surface area contributed by atoms with E-state index in [1.54, 1.807) is 12.1 Å². The molecule has 2 nitrogen and oxygen atoms in total. The van der Waals surface area contributed by atoms with Crippen molar-refractivity contribution in [1.29, 1.82) is 0 Å². The summed E-state index contributed by atoms with van der Waals surface area (Å²) in [5, 5.41) is 11.3. The van der Waals surface area contributed by atoms with Crippen molar-refractivity contribution in [3.63, 3.8) is 0 Å². The van der Waals surface area contributed by atoms with Crippen LogP contribution in [0, 0.1) is 5.82 Å². The third-order valence-electron chi connectivity index (χ3n) is 6.73. The van der Waals surface area contributed by atoms with Gasteiger partial charge in [-0.1, -0.05) is 48.9 Å². The summed E-state index contributed by atoms with van der Waals surface area (Å²) in [6, 6.07) is 17.4. The lowest BCUT2D eigenvalue weighted by Gasteiger charge is -2.52. The molecule has 0 atom stereocenters. The normalized spacial score (nSPS) is 29.6. The Labute approximate surface area is 162 Å². The fourth-order valence-corrected chi connectivity index (χ4v) is 5.15. The third kappa shape index (κ3) is 3.95. The zero-order valence-corrected chi connectivity index (χ0v) is 16.0. The third-order valence-corrected chi connectivity index (χ3v) is 6.73. The molecule has 1 aliphatic heterocycles. The summed E-state index contributed by atoms with van der Waals surface area (Å²) >= 11 is 0. The van der Waals surface area contributed by atoms with Gasteiger partial charge in [-0.3, -0.25) is 4.90 Å². The molecule has 0 unspecified atom stereocenters. The van der Waals surface area contributed by atoms with Crippen molar-refractivity contribution in [3.05, 3.63) is 71.5 Å². The molecular weight excluding hydrogens is 337 g/mol. The highest BCUT2D eigenvalue weighted by Gasteiger charge is 2.46. The molecule has 0 bridgehead atoms. The number of piperidine rings is 1. The largest absolute Gasteiger partial charge is 0.390 e. The van der Waals surface area contributed by atoms with Gasteiger partial charge in [0.1, 0.15) is 5.82 Å². The van der Waals surface area contributed by atoms with Gasteiger partial charge in [0, 0.05) is 12.0 Å². The molecule has 1 saturated heterocycles. The molecule has 1 saturated carbocycles. The van der Waals surface area contributed by atoms with Gasteiger partial charge in [-0.2, -0.15) is 0 Å². The van der Waals surface area contributed by atoms with Crippen molar-refractivity contribution in [2.75, 3.05) is 13.1 Å². The zero-order valence-electron chi connectivity index (χ0n) is 16.0. The van der Waals surface area contributed by atoms with E-state index in [2.05, 4.69) is 17.0 Å². The molecule has 0 amide bonds. The fourth-order valence-electron chi connectivity index (χ4n) is 5.15. The van der Waals surface area contributed by atoms with E-state index < -0.39 is 5.60 Å². The first-order valence-electron chi connectivity index (χ1n) is 10.4. The van der Waals surface area contributed by atoms with Crippen LogP contribution < -0.4 is 0 Å². The number of nitrogens with zero attached hydrogens (tertiary/aromatic N) is 1. The number of likely N-dealkylation sites (tertiary alicyclic amines) is 1. The summed E-state index contributed by atoms with van der Waals surface area (Å²) in [6.07, 6.45) is 7.92. The van der Waals surface area contributed by atoms with Crippen LogP contribution in [0.15, 0.2) is 54.6 Å². The monoisotopic (exact) mass is 367 g/mol. The second kappa shape index (κ2) is 7.73. The molecule has 2 fully saturated rings. The smallest absolute Gasteiger partial charge is 0.123 e. The van der Waals surface area contributed by atoms with Crippen molar-refractivity contribution in [3.8, 4) is 0 Å². The lowest BCUT2D eigenvalue weighted by atomic mass is 9.68. The molecule has 3 heteroatoms. The van der Waals surface area contributed by atoms with Gasteiger partial charge in [-0.05, 0) is 74.9 Å². The van der Waals surface area contributed by atoms with Crippen LogP contribution in [0.1, 0.15) is 56.1 Å². The van der Waals surface area contributed by atoms with E-state index >= 15 is 0 Å². The van der Waals surface area contributed by atoms with Gasteiger partial charge in [0.2, 0.25) is 0 Å². The SMILES string of the molecule is OC1(Cc2ccccc2)CCC(c2ccc(F)cc2)(N2CCCCC2)CC1. The van der Waals surface area contributed by atoms with Gasteiger partial charge in [0.25, 0.3) is 0 Å². The summed E-state index contributed by atoms with van der Waals surface area (Å²) < 4.78 is 13.5. The predicted molar refractivity (Wildman–Crippen MR) is 107 cm³/mol. The van der Waals surface area contributed by atoms with E-state index in [-0.39, 0.29) is 11.4 Å². The van der Waals surface area contributed by atoms with Crippen LogP contribution >= 0.6 is 0 Å². The highest BCUT2D eigenvalue weighted by atomic mass is 19.1. The molecule has 2 aromatic carbocycles. The van der Waals surface area contributed by atoms with E-state index in [0.717, 1.165) is 38.8 Å². The molecule has 1 aliphatic carbocycles.